The molecule has 2 aromatic rings. The number of nitrogens with two attached hydrogens (primary N) is 1. The van der Waals surface area contributed by atoms with Gasteiger partial charge in [0.25, 0.3) is 5.56 Å². The van der Waals surface area contributed by atoms with E-state index in [4.69, 9.17) is 14.8 Å². The number of aliphatic hydroxyl groups excluding tert-OH is 2. The lowest BCUT2D eigenvalue weighted by Crippen LogP contribution is -2.44. The molecule has 1 aliphatic heterocycles. The largest absolute Gasteiger partial charge is 0.388 e. The van der Waals surface area contributed by atoms with Gasteiger partial charge in [-0.2, -0.15) is 4.98 Å². The van der Waals surface area contributed by atoms with Gasteiger partial charge in [-0.3, -0.25) is 9.78 Å². The van der Waals surface area contributed by atoms with Gasteiger partial charge in [0, 0.05) is 0 Å². The molecule has 2 aromatic heterocycles. The van der Waals surface area contributed by atoms with E-state index in [1.807, 2.05) is 0 Å². The van der Waals surface area contributed by atoms with E-state index >= 15 is 0 Å². The van der Waals surface area contributed by atoms with Crippen molar-refractivity contribution in [1.29, 1.82) is 0 Å². The second-order valence-electron chi connectivity index (χ2n) is 4.76. The summed E-state index contributed by atoms with van der Waals surface area (Å²) >= 11 is 4.18. The van der Waals surface area contributed by atoms with Crippen molar-refractivity contribution in [2.45, 2.75) is 30.0 Å². The maximum absolute atomic E-state index is 11.8. The van der Waals surface area contributed by atoms with Crippen molar-refractivity contribution in [3.63, 3.8) is 0 Å². The molecule has 0 aromatic carbocycles. The van der Waals surface area contributed by atoms with Crippen molar-refractivity contribution in [3.8, 4) is 0 Å². The number of nitrogen functional groups attached to an aromatic ring is 1. The third-order valence-electron chi connectivity index (χ3n) is 3.23. The van der Waals surface area contributed by atoms with Gasteiger partial charge in [-0.15, -0.1) is 12.6 Å². The highest BCUT2D eigenvalue weighted by Gasteiger charge is 2.32. The second kappa shape index (κ2) is 6.11. The Labute approximate surface area is 131 Å². The van der Waals surface area contributed by atoms with Gasteiger partial charge >= 0.3 is 0 Å². The minimum Gasteiger partial charge on any atom is -0.388 e. The number of hydrogen-bond donors (Lipinski definition) is 5. The Kier molecular flexibility index (Phi) is 4.35. The molecule has 0 radical (unpaired) electrons. The fraction of sp³-hybridized carbons (Fsp3) is 0.500. The molecule has 3 heterocycles. The van der Waals surface area contributed by atoms with Crippen LogP contribution in [0, 0.1) is 0 Å². The number of aromatic amines is 1. The summed E-state index contributed by atoms with van der Waals surface area (Å²) in [5, 5.41) is 20.3. The standard InChI is InChI=1S/C10H14N5O5PS/c11-9-13-7-5(8(18)14-9)12-10(22)15(7)1-3(16)6-4(17)2-19-21-20-6/h3-4,6,16-17,21H,1-2H2,(H,12,22)(H3,11,13,14,18). The third-order valence-corrected chi connectivity index (χ3v) is 4.22. The van der Waals surface area contributed by atoms with Crippen LogP contribution in [0.5, 0.6) is 0 Å². The number of fused-ring (bicyclic) bond motifs is 1. The average Bonchev–Trinajstić information content (AvgIpc) is 2.77. The van der Waals surface area contributed by atoms with E-state index in [9.17, 15) is 15.0 Å². The first-order chi connectivity index (χ1) is 10.5. The molecule has 0 amide bonds. The van der Waals surface area contributed by atoms with Crippen LogP contribution in [0.15, 0.2) is 9.95 Å². The van der Waals surface area contributed by atoms with E-state index in [0.29, 0.717) is 0 Å². The maximum atomic E-state index is 11.8. The predicted octanol–water partition coefficient (Wildman–Crippen LogP) is -1.36. The lowest BCUT2D eigenvalue weighted by atomic mass is 10.1. The highest BCUT2D eigenvalue weighted by Crippen LogP contribution is 2.28. The van der Waals surface area contributed by atoms with Gasteiger partial charge in [-0.25, -0.2) is 4.98 Å². The fourth-order valence-electron chi connectivity index (χ4n) is 2.19. The molecule has 1 fully saturated rings. The van der Waals surface area contributed by atoms with Crippen molar-refractivity contribution >= 4 is 38.8 Å². The predicted molar refractivity (Wildman–Crippen MR) is 81.0 cm³/mol. The topological polar surface area (TPSA) is 149 Å². The number of aromatic nitrogens is 4. The number of H-pyrrole nitrogens is 1. The monoisotopic (exact) mass is 347 g/mol. The number of nitrogens with one attached hydrogen (secondary N) is 1. The van der Waals surface area contributed by atoms with Crippen molar-refractivity contribution in [1.82, 2.24) is 19.5 Å². The Morgan fingerprint density at radius 3 is 3.09 bits per heavy atom. The molecule has 4 atom stereocenters. The zero-order chi connectivity index (χ0) is 15.9. The van der Waals surface area contributed by atoms with Gasteiger partial charge in [0.05, 0.1) is 13.2 Å². The Morgan fingerprint density at radius 2 is 2.36 bits per heavy atom. The molecule has 4 unspecified atom stereocenters. The first-order valence-electron chi connectivity index (χ1n) is 6.31. The Balaban J connectivity index is 1.93. The lowest BCUT2D eigenvalue weighted by Gasteiger charge is -2.31. The van der Waals surface area contributed by atoms with Crippen LogP contribution in [-0.2, 0) is 15.6 Å². The minimum absolute atomic E-state index is 0.0164. The van der Waals surface area contributed by atoms with Crippen LogP contribution in [-0.4, -0.2) is 54.7 Å². The first-order valence-corrected chi connectivity index (χ1v) is 7.57. The van der Waals surface area contributed by atoms with Crippen LogP contribution in [0.2, 0.25) is 0 Å². The Morgan fingerprint density at radius 1 is 1.59 bits per heavy atom. The number of nitrogens with zero attached hydrogens (tertiary/aromatic N) is 3. The van der Waals surface area contributed by atoms with Gasteiger partial charge in [-0.05, 0) is 0 Å². The number of hydrogen-bond acceptors (Lipinski definition) is 9. The molecule has 0 saturated carbocycles. The summed E-state index contributed by atoms with van der Waals surface area (Å²) in [6, 6.07) is 0. The molecule has 22 heavy (non-hydrogen) atoms. The minimum atomic E-state index is -1.06. The molecular formula is C10H14N5O5PS. The molecular weight excluding hydrogens is 333 g/mol. The molecule has 0 spiro atoms. The zero-order valence-corrected chi connectivity index (χ0v) is 13.0. The number of imidazole rings is 1. The highest BCUT2D eigenvalue weighted by molar-refractivity contribution is 7.80. The van der Waals surface area contributed by atoms with Crippen molar-refractivity contribution in [3.05, 3.63) is 10.4 Å². The van der Waals surface area contributed by atoms with E-state index in [0.717, 1.165) is 0 Å². The Bertz CT molecular complexity index is 751. The smallest absolute Gasteiger partial charge is 0.280 e. The van der Waals surface area contributed by atoms with Crippen LogP contribution in [0.4, 0.5) is 5.95 Å². The fourth-order valence-corrected chi connectivity index (χ4v) is 3.20. The van der Waals surface area contributed by atoms with Crippen LogP contribution < -0.4 is 11.3 Å². The third kappa shape index (κ3) is 2.83. The number of rotatable bonds is 3. The van der Waals surface area contributed by atoms with Gasteiger partial charge in [-0.1, -0.05) is 0 Å². The molecule has 120 valence electrons. The van der Waals surface area contributed by atoms with E-state index < -0.39 is 23.9 Å². The molecule has 1 saturated heterocycles. The van der Waals surface area contributed by atoms with Gasteiger partial charge in [0.2, 0.25) is 5.95 Å². The van der Waals surface area contributed by atoms with Crippen LogP contribution in [0.3, 0.4) is 0 Å². The van der Waals surface area contributed by atoms with Crippen molar-refractivity contribution < 1.29 is 19.3 Å². The van der Waals surface area contributed by atoms with Crippen LogP contribution in [0.1, 0.15) is 0 Å². The number of anilines is 1. The number of thiol groups is 1. The molecule has 10 nitrogen and oxygen atoms in total. The molecule has 0 aliphatic carbocycles. The SMILES string of the molecule is Nc1nc2c(nc(S)n2CC(O)C2OPOCC2O)c(=O)[nH]1. The molecule has 3 rings (SSSR count). The summed E-state index contributed by atoms with van der Waals surface area (Å²) in [7, 11) is -0.251. The summed E-state index contributed by atoms with van der Waals surface area (Å²) in [6.45, 7) is 0.0703. The van der Waals surface area contributed by atoms with Crippen molar-refractivity contribution in [2.75, 3.05) is 12.3 Å². The van der Waals surface area contributed by atoms with Crippen LogP contribution in [0.25, 0.3) is 11.2 Å². The Hall–Kier alpha value is -1.23. The maximum Gasteiger partial charge on any atom is 0.280 e. The second-order valence-corrected chi connectivity index (χ2v) is 5.85. The van der Waals surface area contributed by atoms with E-state index in [-0.39, 0.29) is 44.5 Å². The van der Waals surface area contributed by atoms with E-state index in [2.05, 4.69) is 27.6 Å². The summed E-state index contributed by atoms with van der Waals surface area (Å²) in [5.74, 6) is -0.0645. The van der Waals surface area contributed by atoms with E-state index in [1.165, 1.54) is 4.57 Å². The average molecular weight is 347 g/mol. The molecule has 1 aliphatic rings. The van der Waals surface area contributed by atoms with Crippen molar-refractivity contribution in [2.24, 2.45) is 0 Å². The van der Waals surface area contributed by atoms with E-state index in [1.54, 1.807) is 0 Å². The molecule has 5 N–H and O–H groups in total. The summed E-state index contributed by atoms with van der Waals surface area (Å²) in [4.78, 5) is 22.1. The van der Waals surface area contributed by atoms with Gasteiger partial charge in [0.1, 0.15) is 18.3 Å². The summed E-state index contributed by atoms with van der Waals surface area (Å²) in [5.41, 5.74) is 5.31. The molecule has 12 heteroatoms. The summed E-state index contributed by atoms with van der Waals surface area (Å²) in [6.07, 6.45) is -2.82. The van der Waals surface area contributed by atoms with Gasteiger partial charge in [0.15, 0.2) is 25.4 Å². The quantitative estimate of drug-likeness (QED) is 0.337. The van der Waals surface area contributed by atoms with Crippen LogP contribution >= 0.6 is 21.7 Å². The first kappa shape index (κ1) is 15.7. The lowest BCUT2D eigenvalue weighted by molar-refractivity contribution is -0.0824. The van der Waals surface area contributed by atoms with Gasteiger partial charge < -0.3 is 29.6 Å². The molecule has 0 bridgehead atoms. The number of aliphatic hydroxyl groups is 2. The normalized spacial score (nSPS) is 24.9. The zero-order valence-electron chi connectivity index (χ0n) is 11.1. The highest BCUT2D eigenvalue weighted by atomic mass is 32.1. The summed E-state index contributed by atoms with van der Waals surface area (Å²) < 4.78 is 11.6.